The Morgan fingerprint density at radius 1 is 1.57 bits per heavy atom. The average Bonchev–Trinajstić information content (AvgIpc) is 2.82. The lowest BCUT2D eigenvalue weighted by atomic mass is 10.2. The Kier molecular flexibility index (Phi) is 4.92. The summed E-state index contributed by atoms with van der Waals surface area (Å²) < 4.78 is 0.955. The first kappa shape index (κ1) is 15.9. The molecule has 2 rings (SSSR count). The van der Waals surface area contributed by atoms with Gasteiger partial charge >= 0.3 is 0 Å². The molecule has 0 spiro atoms. The van der Waals surface area contributed by atoms with Crippen LogP contribution in [0.1, 0.15) is 15.9 Å². The number of pyridine rings is 1. The quantitative estimate of drug-likeness (QED) is 0.453. The van der Waals surface area contributed by atoms with Crippen molar-refractivity contribution in [2.75, 3.05) is 7.05 Å². The molecule has 0 unspecified atom stereocenters. The Morgan fingerprint density at radius 3 is 2.86 bits per heavy atom. The van der Waals surface area contributed by atoms with Gasteiger partial charge in [-0.25, -0.2) is 4.98 Å². The predicted molar refractivity (Wildman–Crippen MR) is 83.7 cm³/mol. The van der Waals surface area contributed by atoms with Crippen LogP contribution in [0.2, 0.25) is 5.15 Å². The van der Waals surface area contributed by atoms with Crippen LogP contribution in [0.15, 0.2) is 27.5 Å². The molecule has 0 aliphatic carbocycles. The Morgan fingerprint density at radius 2 is 2.29 bits per heavy atom. The van der Waals surface area contributed by atoms with E-state index in [2.05, 4.69) is 20.9 Å². The monoisotopic (exact) mass is 389 g/mol. The summed E-state index contributed by atoms with van der Waals surface area (Å²) in [6, 6.07) is 3.10. The predicted octanol–water partition coefficient (Wildman–Crippen LogP) is 3.74. The van der Waals surface area contributed by atoms with Crippen molar-refractivity contribution in [1.82, 2.24) is 9.88 Å². The minimum absolute atomic E-state index is 0.0376. The number of hydrogen-bond acceptors (Lipinski definition) is 5. The summed E-state index contributed by atoms with van der Waals surface area (Å²) in [6.07, 6.45) is 0.991. The van der Waals surface area contributed by atoms with Crippen LogP contribution in [0.5, 0.6) is 0 Å². The van der Waals surface area contributed by atoms with Gasteiger partial charge in [-0.1, -0.05) is 11.6 Å². The Labute approximate surface area is 137 Å². The second-order valence-corrected chi connectivity index (χ2v) is 6.88. The maximum atomic E-state index is 12.4. The maximum Gasteiger partial charge on any atom is 0.300 e. The van der Waals surface area contributed by atoms with Gasteiger partial charge in [0.25, 0.3) is 11.6 Å². The topological polar surface area (TPSA) is 76.3 Å². The van der Waals surface area contributed by atoms with Crippen LogP contribution in [0.25, 0.3) is 0 Å². The number of aromatic nitrogens is 1. The lowest BCUT2D eigenvalue weighted by Crippen LogP contribution is -2.26. The van der Waals surface area contributed by atoms with E-state index in [-0.39, 0.29) is 16.4 Å². The highest BCUT2D eigenvalue weighted by Crippen LogP contribution is 2.24. The maximum absolute atomic E-state index is 12.4. The smallest absolute Gasteiger partial charge is 0.300 e. The van der Waals surface area contributed by atoms with Crippen LogP contribution in [-0.2, 0) is 6.54 Å². The molecule has 2 aromatic heterocycles. The molecule has 0 aliphatic rings. The van der Waals surface area contributed by atoms with Crippen LogP contribution < -0.4 is 0 Å². The normalized spacial score (nSPS) is 10.4. The third kappa shape index (κ3) is 3.78. The molecule has 110 valence electrons. The lowest BCUT2D eigenvalue weighted by Gasteiger charge is -2.16. The lowest BCUT2D eigenvalue weighted by molar-refractivity contribution is -0.385. The number of nitro groups is 1. The summed E-state index contributed by atoms with van der Waals surface area (Å²) in [5, 5.41) is 12.9. The van der Waals surface area contributed by atoms with E-state index < -0.39 is 10.8 Å². The van der Waals surface area contributed by atoms with Gasteiger partial charge in [0.05, 0.1) is 8.71 Å². The molecule has 0 fully saturated rings. The van der Waals surface area contributed by atoms with Gasteiger partial charge in [0.2, 0.25) is 0 Å². The molecule has 0 aliphatic heterocycles. The first-order chi connectivity index (χ1) is 9.88. The number of nitrogens with zero attached hydrogens (tertiary/aromatic N) is 3. The van der Waals surface area contributed by atoms with Crippen molar-refractivity contribution in [3.05, 3.63) is 53.9 Å². The Balaban J connectivity index is 2.26. The van der Waals surface area contributed by atoms with Gasteiger partial charge in [-0.05, 0) is 39.0 Å². The second kappa shape index (κ2) is 6.50. The summed E-state index contributed by atoms with van der Waals surface area (Å²) in [5.74, 6) is -0.478. The summed E-state index contributed by atoms with van der Waals surface area (Å²) in [4.78, 5) is 27.7. The average molecular weight is 391 g/mol. The first-order valence-corrected chi connectivity index (χ1v) is 7.72. The van der Waals surface area contributed by atoms with E-state index in [0.29, 0.717) is 6.54 Å². The fourth-order valence-electron chi connectivity index (χ4n) is 1.72. The molecule has 2 aromatic rings. The van der Waals surface area contributed by atoms with Crippen molar-refractivity contribution in [2.45, 2.75) is 6.54 Å². The van der Waals surface area contributed by atoms with E-state index in [4.69, 9.17) is 11.6 Å². The number of thiophene rings is 1. The summed E-state index contributed by atoms with van der Waals surface area (Å²) in [7, 11) is 1.58. The highest BCUT2D eigenvalue weighted by molar-refractivity contribution is 9.11. The summed E-state index contributed by atoms with van der Waals surface area (Å²) in [6.45, 7) is 0.345. The molecule has 9 heteroatoms. The van der Waals surface area contributed by atoms with Crippen LogP contribution in [-0.4, -0.2) is 27.8 Å². The number of carbonyl (C=O) groups excluding carboxylic acids is 1. The van der Waals surface area contributed by atoms with E-state index >= 15 is 0 Å². The van der Waals surface area contributed by atoms with Gasteiger partial charge in [0.1, 0.15) is 16.9 Å². The third-order valence-electron chi connectivity index (χ3n) is 2.66. The molecular formula is C12H9BrClN3O3S. The van der Waals surface area contributed by atoms with Gasteiger partial charge in [0, 0.05) is 13.6 Å². The first-order valence-electron chi connectivity index (χ1n) is 5.67. The van der Waals surface area contributed by atoms with Crippen molar-refractivity contribution in [3.63, 3.8) is 0 Å². The van der Waals surface area contributed by atoms with E-state index in [1.54, 1.807) is 7.05 Å². The van der Waals surface area contributed by atoms with Gasteiger partial charge in [-0.3, -0.25) is 14.9 Å². The van der Waals surface area contributed by atoms with Crippen molar-refractivity contribution in [2.24, 2.45) is 0 Å². The van der Waals surface area contributed by atoms with Crippen LogP contribution >= 0.6 is 38.9 Å². The van der Waals surface area contributed by atoms with Gasteiger partial charge < -0.3 is 4.90 Å². The molecule has 21 heavy (non-hydrogen) atoms. The molecule has 0 atom stereocenters. The number of rotatable bonds is 4. The standard InChI is InChI=1S/C12H9BrClN3O3S/c1-16(5-7-2-10(13)21-6-7)12(18)8-3-11(14)15-4-9(8)17(19)20/h2-4,6H,5H2,1H3. The minimum atomic E-state index is -0.647. The van der Waals surface area contributed by atoms with Crippen molar-refractivity contribution in [1.29, 1.82) is 0 Å². The third-order valence-corrected chi connectivity index (χ3v) is 4.42. The van der Waals surface area contributed by atoms with Crippen LogP contribution in [0.4, 0.5) is 5.69 Å². The fourth-order valence-corrected chi connectivity index (χ4v) is 3.08. The molecule has 1 amide bonds. The minimum Gasteiger partial charge on any atom is -0.337 e. The SMILES string of the molecule is CN(Cc1csc(Br)c1)C(=O)c1cc(Cl)ncc1[N+](=O)[O-]. The molecule has 0 saturated heterocycles. The van der Waals surface area contributed by atoms with Crippen molar-refractivity contribution >= 4 is 50.5 Å². The molecule has 0 aromatic carbocycles. The molecule has 2 heterocycles. The highest BCUT2D eigenvalue weighted by atomic mass is 79.9. The van der Waals surface area contributed by atoms with Gasteiger partial charge in [0.15, 0.2) is 0 Å². The molecule has 0 bridgehead atoms. The van der Waals surface area contributed by atoms with Crippen molar-refractivity contribution in [3.8, 4) is 0 Å². The van der Waals surface area contributed by atoms with Crippen molar-refractivity contribution < 1.29 is 9.72 Å². The molecule has 0 N–H and O–H groups in total. The Bertz CT molecular complexity index is 707. The zero-order valence-corrected chi connectivity index (χ0v) is 13.9. The van der Waals surface area contributed by atoms with E-state index in [1.807, 2.05) is 11.4 Å². The summed E-state index contributed by atoms with van der Waals surface area (Å²) >= 11 is 10.6. The molecule has 6 nitrogen and oxygen atoms in total. The molecular weight excluding hydrogens is 382 g/mol. The second-order valence-electron chi connectivity index (χ2n) is 4.20. The summed E-state index contributed by atoms with van der Waals surface area (Å²) in [5.41, 5.74) is 0.505. The number of carbonyl (C=O) groups is 1. The molecule has 0 saturated carbocycles. The number of hydrogen-bond donors (Lipinski definition) is 0. The van der Waals surface area contributed by atoms with Crippen LogP contribution in [0, 0.1) is 10.1 Å². The zero-order valence-electron chi connectivity index (χ0n) is 10.7. The number of halogens is 2. The Hall–Kier alpha value is -1.51. The highest BCUT2D eigenvalue weighted by Gasteiger charge is 2.24. The van der Waals surface area contributed by atoms with E-state index in [1.165, 1.54) is 22.3 Å². The molecule has 0 radical (unpaired) electrons. The van der Waals surface area contributed by atoms with E-state index in [0.717, 1.165) is 15.5 Å². The van der Waals surface area contributed by atoms with Crippen LogP contribution in [0.3, 0.4) is 0 Å². The van der Waals surface area contributed by atoms with Gasteiger partial charge in [-0.15, -0.1) is 11.3 Å². The van der Waals surface area contributed by atoms with E-state index in [9.17, 15) is 14.9 Å². The largest absolute Gasteiger partial charge is 0.337 e. The number of amides is 1. The zero-order chi connectivity index (χ0) is 15.6. The fraction of sp³-hybridized carbons (Fsp3) is 0.167. The van der Waals surface area contributed by atoms with Gasteiger partial charge in [-0.2, -0.15) is 0 Å².